The van der Waals surface area contributed by atoms with Crippen molar-refractivity contribution in [3.63, 3.8) is 0 Å². The van der Waals surface area contributed by atoms with Gasteiger partial charge in [0.25, 0.3) is 0 Å². The lowest BCUT2D eigenvalue weighted by molar-refractivity contribution is 0.0697. The number of carboxylic acid groups (broad SMARTS) is 1. The molecule has 4 nitrogen and oxygen atoms in total. The molecule has 0 amide bonds. The first-order valence-electron chi connectivity index (χ1n) is 6.86. The van der Waals surface area contributed by atoms with Gasteiger partial charge in [-0.05, 0) is 42.5 Å². The third-order valence-corrected chi connectivity index (χ3v) is 4.56. The summed E-state index contributed by atoms with van der Waals surface area (Å²) < 4.78 is 2.05. The maximum atomic E-state index is 11.0. The maximum Gasteiger partial charge on any atom is 0.335 e. The number of aromatic carboxylic acids is 1. The zero-order chi connectivity index (χ0) is 14.8. The molecule has 1 aromatic carbocycles. The second-order valence-corrected chi connectivity index (χ2v) is 6.06. The molecule has 0 aliphatic carbocycles. The van der Waals surface area contributed by atoms with Crippen molar-refractivity contribution < 1.29 is 9.90 Å². The van der Waals surface area contributed by atoms with E-state index in [1.807, 2.05) is 13.1 Å². The molecule has 2 aromatic heterocycles. The number of carboxylic acids is 1. The third kappa shape index (κ3) is 2.83. The lowest BCUT2D eigenvalue weighted by Crippen LogP contribution is -1.99. The number of hydrogen-bond donors (Lipinski definition) is 1. The Kier molecular flexibility index (Phi) is 3.75. The number of carbonyl (C=O) groups is 1. The monoisotopic (exact) mass is 300 g/mol. The van der Waals surface area contributed by atoms with Crippen molar-refractivity contribution in [2.45, 2.75) is 19.3 Å². The van der Waals surface area contributed by atoms with Gasteiger partial charge in [-0.15, -0.1) is 11.3 Å². The molecular formula is C16H16N2O2S. The van der Waals surface area contributed by atoms with Crippen LogP contribution in [0.3, 0.4) is 0 Å². The molecule has 0 saturated carbocycles. The van der Waals surface area contributed by atoms with E-state index in [1.165, 1.54) is 4.88 Å². The van der Waals surface area contributed by atoms with Crippen LogP contribution in [-0.4, -0.2) is 20.6 Å². The molecule has 1 N–H and O–H groups in total. The molecule has 21 heavy (non-hydrogen) atoms. The number of fused-ring (bicyclic) bond motifs is 1. The summed E-state index contributed by atoms with van der Waals surface area (Å²) in [4.78, 5) is 17.0. The smallest absolute Gasteiger partial charge is 0.335 e. The van der Waals surface area contributed by atoms with Crippen molar-refractivity contribution in [1.29, 1.82) is 0 Å². The average molecular weight is 300 g/mol. The highest BCUT2D eigenvalue weighted by Crippen LogP contribution is 2.19. The molecule has 3 rings (SSSR count). The van der Waals surface area contributed by atoms with E-state index < -0.39 is 5.97 Å². The minimum Gasteiger partial charge on any atom is -0.478 e. The predicted octanol–water partition coefficient (Wildman–Crippen LogP) is 3.51. The normalized spacial score (nSPS) is 11.1. The molecule has 0 spiro atoms. The Hall–Kier alpha value is -2.14. The first kappa shape index (κ1) is 13.8. The highest BCUT2D eigenvalue weighted by atomic mass is 32.1. The molecule has 0 unspecified atom stereocenters. The second kappa shape index (κ2) is 5.69. The van der Waals surface area contributed by atoms with Gasteiger partial charge in [-0.1, -0.05) is 6.07 Å². The van der Waals surface area contributed by atoms with Crippen molar-refractivity contribution in [3.8, 4) is 0 Å². The Morgan fingerprint density at radius 1 is 1.33 bits per heavy atom. The van der Waals surface area contributed by atoms with Gasteiger partial charge in [-0.25, -0.2) is 9.78 Å². The Balaban J connectivity index is 1.79. The summed E-state index contributed by atoms with van der Waals surface area (Å²) in [6, 6.07) is 9.32. The molecule has 0 aliphatic rings. The van der Waals surface area contributed by atoms with E-state index in [-0.39, 0.29) is 5.56 Å². The second-order valence-electron chi connectivity index (χ2n) is 5.03. The molecule has 0 fully saturated rings. The van der Waals surface area contributed by atoms with Crippen LogP contribution in [0, 0.1) is 0 Å². The standard InChI is InChI=1S/C16H16N2O2S/c1-18-14-8-7-11(16(19)20)10-13(14)17-15(18)6-2-4-12-5-3-9-21-12/h3,5,7-10H,2,4,6H2,1H3,(H,19,20). The van der Waals surface area contributed by atoms with Gasteiger partial charge in [0, 0.05) is 18.3 Å². The third-order valence-electron chi connectivity index (χ3n) is 3.62. The summed E-state index contributed by atoms with van der Waals surface area (Å²) in [5.74, 6) is 0.0888. The number of rotatable bonds is 5. The van der Waals surface area contributed by atoms with Gasteiger partial charge in [-0.2, -0.15) is 0 Å². The maximum absolute atomic E-state index is 11.0. The van der Waals surface area contributed by atoms with Crippen molar-refractivity contribution in [2.75, 3.05) is 0 Å². The van der Waals surface area contributed by atoms with Crippen molar-refractivity contribution in [2.24, 2.45) is 7.05 Å². The molecular weight excluding hydrogens is 284 g/mol. The van der Waals surface area contributed by atoms with Gasteiger partial charge in [0.15, 0.2) is 0 Å². The number of imidazole rings is 1. The fourth-order valence-electron chi connectivity index (χ4n) is 2.48. The van der Waals surface area contributed by atoms with Gasteiger partial charge in [0.2, 0.25) is 0 Å². The van der Waals surface area contributed by atoms with Crippen LogP contribution >= 0.6 is 11.3 Å². The fourth-order valence-corrected chi connectivity index (χ4v) is 3.23. The molecule has 3 aromatic rings. The summed E-state index contributed by atoms with van der Waals surface area (Å²) in [6.07, 6.45) is 3.00. The van der Waals surface area contributed by atoms with E-state index in [0.717, 1.165) is 36.1 Å². The van der Waals surface area contributed by atoms with E-state index in [2.05, 4.69) is 27.1 Å². The zero-order valence-electron chi connectivity index (χ0n) is 11.7. The van der Waals surface area contributed by atoms with Crippen LogP contribution in [0.2, 0.25) is 0 Å². The highest BCUT2D eigenvalue weighted by Gasteiger charge is 2.10. The molecule has 0 aliphatic heterocycles. The largest absolute Gasteiger partial charge is 0.478 e. The quantitative estimate of drug-likeness (QED) is 0.784. The lowest BCUT2D eigenvalue weighted by atomic mass is 10.2. The minimum absolute atomic E-state index is 0.283. The SMILES string of the molecule is Cn1c(CCCc2cccs2)nc2cc(C(=O)O)ccc21. The molecule has 5 heteroatoms. The van der Waals surface area contributed by atoms with Gasteiger partial charge < -0.3 is 9.67 Å². The van der Waals surface area contributed by atoms with Crippen LogP contribution in [0.25, 0.3) is 11.0 Å². The van der Waals surface area contributed by atoms with Crippen molar-refractivity contribution >= 4 is 28.3 Å². The Morgan fingerprint density at radius 3 is 2.90 bits per heavy atom. The van der Waals surface area contributed by atoms with E-state index >= 15 is 0 Å². The van der Waals surface area contributed by atoms with Gasteiger partial charge in [-0.3, -0.25) is 0 Å². The summed E-state index contributed by atoms with van der Waals surface area (Å²) in [6.45, 7) is 0. The van der Waals surface area contributed by atoms with E-state index in [0.29, 0.717) is 0 Å². The molecule has 108 valence electrons. The van der Waals surface area contributed by atoms with E-state index in [4.69, 9.17) is 5.11 Å². The van der Waals surface area contributed by atoms with Crippen LogP contribution in [0.5, 0.6) is 0 Å². The lowest BCUT2D eigenvalue weighted by Gasteiger charge is -2.01. The number of aryl methyl sites for hydroxylation is 3. The Bertz CT molecular complexity index is 775. The van der Waals surface area contributed by atoms with Gasteiger partial charge in [0.05, 0.1) is 16.6 Å². The first-order chi connectivity index (χ1) is 10.1. The Morgan fingerprint density at radius 2 is 2.19 bits per heavy atom. The van der Waals surface area contributed by atoms with Crippen LogP contribution in [0.15, 0.2) is 35.7 Å². The number of nitrogens with zero attached hydrogens (tertiary/aromatic N) is 2. The summed E-state index contributed by atoms with van der Waals surface area (Å²) in [7, 11) is 1.98. The summed E-state index contributed by atoms with van der Waals surface area (Å²) in [5, 5.41) is 11.1. The van der Waals surface area contributed by atoms with Crippen LogP contribution < -0.4 is 0 Å². The van der Waals surface area contributed by atoms with E-state index in [1.54, 1.807) is 23.5 Å². The summed E-state index contributed by atoms with van der Waals surface area (Å²) in [5.41, 5.74) is 2.01. The number of thiophene rings is 1. The first-order valence-corrected chi connectivity index (χ1v) is 7.74. The molecule has 0 saturated heterocycles. The predicted molar refractivity (Wildman–Crippen MR) is 84.0 cm³/mol. The fraction of sp³-hybridized carbons (Fsp3) is 0.250. The van der Waals surface area contributed by atoms with Crippen LogP contribution in [0.4, 0.5) is 0 Å². The molecule has 0 radical (unpaired) electrons. The zero-order valence-corrected chi connectivity index (χ0v) is 12.6. The van der Waals surface area contributed by atoms with Crippen LogP contribution in [-0.2, 0) is 19.9 Å². The van der Waals surface area contributed by atoms with E-state index in [9.17, 15) is 4.79 Å². The van der Waals surface area contributed by atoms with Crippen molar-refractivity contribution in [3.05, 3.63) is 52.0 Å². The molecule has 2 heterocycles. The Labute approximate surface area is 126 Å². The van der Waals surface area contributed by atoms with Gasteiger partial charge in [0.1, 0.15) is 5.82 Å². The number of aromatic nitrogens is 2. The average Bonchev–Trinajstić information content (AvgIpc) is 3.08. The minimum atomic E-state index is -0.915. The van der Waals surface area contributed by atoms with Crippen molar-refractivity contribution in [1.82, 2.24) is 9.55 Å². The summed E-state index contributed by atoms with van der Waals surface area (Å²) >= 11 is 1.78. The van der Waals surface area contributed by atoms with Crippen LogP contribution in [0.1, 0.15) is 27.5 Å². The number of benzene rings is 1. The number of hydrogen-bond acceptors (Lipinski definition) is 3. The van der Waals surface area contributed by atoms with Gasteiger partial charge >= 0.3 is 5.97 Å². The highest BCUT2D eigenvalue weighted by molar-refractivity contribution is 7.09. The topological polar surface area (TPSA) is 55.1 Å². The molecule has 0 bridgehead atoms. The molecule has 0 atom stereocenters.